The summed E-state index contributed by atoms with van der Waals surface area (Å²) in [6.45, 7) is 3.65. The Morgan fingerprint density at radius 1 is 0.566 bits per heavy atom. The van der Waals surface area contributed by atoms with E-state index in [1.54, 1.807) is 0 Å². The van der Waals surface area contributed by atoms with Crippen molar-refractivity contribution in [2.75, 3.05) is 26.4 Å². The Balaban J connectivity index is 4.20. The lowest BCUT2D eigenvalue weighted by Gasteiger charge is -2.19. The molecule has 1 unspecified atom stereocenters. The van der Waals surface area contributed by atoms with Gasteiger partial charge in [-0.1, -0.05) is 140 Å². The molecule has 0 heterocycles. The van der Waals surface area contributed by atoms with Crippen molar-refractivity contribution in [3.63, 3.8) is 0 Å². The van der Waals surface area contributed by atoms with Crippen molar-refractivity contribution in [3.8, 4) is 0 Å². The van der Waals surface area contributed by atoms with Crippen molar-refractivity contribution < 1.29 is 37.6 Å². The van der Waals surface area contributed by atoms with Gasteiger partial charge in [0.1, 0.15) is 6.61 Å². The molecule has 0 bridgehead atoms. The van der Waals surface area contributed by atoms with Crippen molar-refractivity contribution in [2.24, 2.45) is 5.73 Å². The van der Waals surface area contributed by atoms with Crippen molar-refractivity contribution >= 4 is 19.8 Å². The van der Waals surface area contributed by atoms with E-state index in [2.05, 4.69) is 62.5 Å². The first-order valence-corrected chi connectivity index (χ1v) is 22.6. The highest BCUT2D eigenvalue weighted by Crippen LogP contribution is 2.43. The molecule has 2 atom stereocenters. The number of carbonyl (C=O) groups is 2. The summed E-state index contributed by atoms with van der Waals surface area (Å²) in [6, 6.07) is 0. The van der Waals surface area contributed by atoms with Crippen LogP contribution in [0.5, 0.6) is 0 Å². The predicted molar refractivity (Wildman–Crippen MR) is 220 cm³/mol. The van der Waals surface area contributed by atoms with Gasteiger partial charge in [-0.25, -0.2) is 4.57 Å². The molecule has 0 rings (SSSR count). The third-order valence-corrected chi connectivity index (χ3v) is 9.67. The zero-order valence-corrected chi connectivity index (χ0v) is 34.6. The molecule has 0 aliphatic heterocycles. The molecule has 53 heavy (non-hydrogen) atoms. The highest BCUT2D eigenvalue weighted by molar-refractivity contribution is 7.47. The highest BCUT2D eigenvalue weighted by Gasteiger charge is 2.26. The van der Waals surface area contributed by atoms with Crippen LogP contribution in [0.3, 0.4) is 0 Å². The smallest absolute Gasteiger partial charge is 0.462 e. The Hall–Kier alpha value is -2.03. The average Bonchev–Trinajstić information content (AvgIpc) is 3.14. The second-order valence-corrected chi connectivity index (χ2v) is 15.3. The molecule has 0 amide bonds. The second-order valence-electron chi connectivity index (χ2n) is 13.8. The molecule has 10 heteroatoms. The largest absolute Gasteiger partial charge is 0.472 e. The molecule has 0 aromatic carbocycles. The Morgan fingerprint density at radius 2 is 0.981 bits per heavy atom. The van der Waals surface area contributed by atoms with E-state index in [1.807, 2.05) is 0 Å². The predicted octanol–water partition coefficient (Wildman–Crippen LogP) is 11.9. The number of ether oxygens (including phenoxy) is 2. The minimum absolute atomic E-state index is 0.0483. The SMILES string of the molecule is CCCCCC=CCC=CCCCCCCCCCC(=O)OC[C@H](COP(=O)(O)OCCN)OC(=O)CCCCCCCC=CCC=CCCCCC. The third-order valence-electron chi connectivity index (χ3n) is 8.69. The van der Waals surface area contributed by atoms with Crippen LogP contribution >= 0.6 is 7.82 Å². The van der Waals surface area contributed by atoms with Gasteiger partial charge < -0.3 is 20.1 Å². The van der Waals surface area contributed by atoms with Gasteiger partial charge in [0.25, 0.3) is 0 Å². The van der Waals surface area contributed by atoms with Gasteiger partial charge in [0.15, 0.2) is 6.10 Å². The number of carbonyl (C=O) groups excluding carboxylic acids is 2. The Bertz CT molecular complexity index is 1010. The summed E-state index contributed by atoms with van der Waals surface area (Å²) < 4.78 is 32.7. The van der Waals surface area contributed by atoms with Gasteiger partial charge >= 0.3 is 19.8 Å². The summed E-state index contributed by atoms with van der Waals surface area (Å²) in [5, 5.41) is 0. The fraction of sp³-hybridized carbons (Fsp3) is 0.767. The minimum Gasteiger partial charge on any atom is -0.462 e. The first-order chi connectivity index (χ1) is 25.8. The van der Waals surface area contributed by atoms with Gasteiger partial charge in [0.05, 0.1) is 13.2 Å². The number of phosphoric acid groups is 1. The molecule has 0 saturated heterocycles. The van der Waals surface area contributed by atoms with Gasteiger partial charge in [-0.3, -0.25) is 18.6 Å². The van der Waals surface area contributed by atoms with E-state index in [0.717, 1.165) is 77.0 Å². The number of nitrogens with two attached hydrogens (primary N) is 1. The van der Waals surface area contributed by atoms with Crippen LogP contribution < -0.4 is 5.73 Å². The van der Waals surface area contributed by atoms with Crippen LogP contribution in [0.15, 0.2) is 48.6 Å². The highest BCUT2D eigenvalue weighted by atomic mass is 31.2. The molecular weight excluding hydrogens is 689 g/mol. The zero-order chi connectivity index (χ0) is 38.9. The number of hydrogen-bond donors (Lipinski definition) is 2. The molecule has 0 aliphatic carbocycles. The lowest BCUT2D eigenvalue weighted by atomic mass is 10.1. The van der Waals surface area contributed by atoms with E-state index in [4.69, 9.17) is 24.3 Å². The maximum atomic E-state index is 12.6. The van der Waals surface area contributed by atoms with E-state index in [0.29, 0.717) is 6.42 Å². The maximum absolute atomic E-state index is 12.6. The summed E-state index contributed by atoms with van der Waals surface area (Å²) >= 11 is 0. The Kier molecular flexibility index (Phi) is 38.1. The summed E-state index contributed by atoms with van der Waals surface area (Å²) in [7, 11) is -4.38. The lowest BCUT2D eigenvalue weighted by molar-refractivity contribution is -0.161. The van der Waals surface area contributed by atoms with Gasteiger partial charge in [-0.15, -0.1) is 0 Å². The van der Waals surface area contributed by atoms with Gasteiger partial charge in [-0.05, 0) is 77.0 Å². The van der Waals surface area contributed by atoms with E-state index < -0.39 is 32.5 Å². The lowest BCUT2D eigenvalue weighted by Crippen LogP contribution is -2.29. The quantitative estimate of drug-likeness (QED) is 0.0271. The zero-order valence-electron chi connectivity index (χ0n) is 33.7. The van der Waals surface area contributed by atoms with Gasteiger partial charge in [0, 0.05) is 19.4 Å². The molecule has 0 radical (unpaired) electrons. The molecule has 9 nitrogen and oxygen atoms in total. The second kappa shape index (κ2) is 39.7. The van der Waals surface area contributed by atoms with E-state index >= 15 is 0 Å². The molecule has 0 spiro atoms. The third kappa shape index (κ3) is 39.5. The van der Waals surface area contributed by atoms with E-state index in [1.165, 1.54) is 70.6 Å². The van der Waals surface area contributed by atoms with Crippen molar-refractivity contribution in [1.29, 1.82) is 0 Å². The van der Waals surface area contributed by atoms with Crippen LogP contribution in [-0.2, 0) is 32.7 Å². The normalized spacial score (nSPS) is 13.8. The molecule has 0 fully saturated rings. The first kappa shape index (κ1) is 51.0. The summed E-state index contributed by atoms with van der Waals surface area (Å²) in [5.74, 6) is -0.855. The van der Waals surface area contributed by atoms with Crippen LogP contribution in [0.2, 0.25) is 0 Å². The van der Waals surface area contributed by atoms with Crippen LogP contribution in [0.25, 0.3) is 0 Å². The van der Waals surface area contributed by atoms with E-state index in [-0.39, 0.29) is 32.6 Å². The molecule has 0 aromatic rings. The Labute approximate surface area is 324 Å². The van der Waals surface area contributed by atoms with E-state index in [9.17, 15) is 19.0 Å². The number of unbranched alkanes of at least 4 members (excludes halogenated alkanes) is 18. The topological polar surface area (TPSA) is 134 Å². The monoisotopic (exact) mass is 768 g/mol. The van der Waals surface area contributed by atoms with Gasteiger partial charge in [-0.2, -0.15) is 0 Å². The van der Waals surface area contributed by atoms with Crippen LogP contribution in [0, 0.1) is 0 Å². The number of esters is 2. The molecular formula is C43H78NO8P. The molecule has 3 N–H and O–H groups in total. The molecule has 0 aromatic heterocycles. The van der Waals surface area contributed by atoms with Crippen molar-refractivity contribution in [1.82, 2.24) is 0 Å². The molecule has 0 aliphatic rings. The maximum Gasteiger partial charge on any atom is 0.472 e. The first-order valence-electron chi connectivity index (χ1n) is 21.1. The van der Waals surface area contributed by atoms with Crippen LogP contribution in [-0.4, -0.2) is 49.3 Å². The molecule has 308 valence electrons. The number of hydrogen-bond acceptors (Lipinski definition) is 8. The van der Waals surface area contributed by atoms with Crippen molar-refractivity contribution in [3.05, 3.63) is 48.6 Å². The van der Waals surface area contributed by atoms with Crippen LogP contribution in [0.4, 0.5) is 0 Å². The molecule has 0 saturated carbocycles. The van der Waals surface area contributed by atoms with Gasteiger partial charge in [0.2, 0.25) is 0 Å². The standard InChI is InChI=1S/C43H78NO8P/c1-3-5-7-9-11-13-15-17-19-20-22-23-25-27-29-31-33-35-42(45)49-39-41(40-51-53(47,48)50-38-37-44)52-43(46)36-34-32-30-28-26-24-21-18-16-14-12-10-8-6-4-2/h11-14,17-19,21,41H,3-10,15-16,20,22-40,44H2,1-2H3,(H,47,48)/t41-/m1/s1. The minimum atomic E-state index is -4.38. The van der Waals surface area contributed by atoms with Crippen molar-refractivity contribution in [2.45, 2.75) is 187 Å². The number of rotatable bonds is 39. The fourth-order valence-electron chi connectivity index (χ4n) is 5.52. The summed E-state index contributed by atoms with van der Waals surface area (Å²) in [4.78, 5) is 34.8. The number of phosphoric ester groups is 1. The Morgan fingerprint density at radius 3 is 1.43 bits per heavy atom. The number of allylic oxidation sites excluding steroid dienone is 8. The fourth-order valence-corrected chi connectivity index (χ4v) is 6.28. The summed E-state index contributed by atoms with van der Waals surface area (Å²) in [5.41, 5.74) is 5.34. The average molecular weight is 768 g/mol. The summed E-state index contributed by atoms with van der Waals surface area (Å²) in [6.07, 6.45) is 44.2. The van der Waals surface area contributed by atoms with Crippen LogP contribution in [0.1, 0.15) is 181 Å².